The van der Waals surface area contributed by atoms with Gasteiger partial charge in [0.15, 0.2) is 0 Å². The first-order valence-corrected chi connectivity index (χ1v) is 5.97. The van der Waals surface area contributed by atoms with E-state index in [0.717, 1.165) is 25.4 Å². The highest BCUT2D eigenvalue weighted by atomic mass is 16.5. The molecule has 1 saturated carbocycles. The molecule has 1 aromatic rings. The molecule has 0 unspecified atom stereocenters. The summed E-state index contributed by atoms with van der Waals surface area (Å²) in [6.45, 7) is 2.58. The van der Waals surface area contributed by atoms with E-state index in [4.69, 9.17) is 10.5 Å². The van der Waals surface area contributed by atoms with E-state index < -0.39 is 0 Å². The summed E-state index contributed by atoms with van der Waals surface area (Å²) in [5, 5.41) is 0. The van der Waals surface area contributed by atoms with Crippen molar-refractivity contribution in [3.63, 3.8) is 0 Å². The molecule has 1 heterocycles. The van der Waals surface area contributed by atoms with Crippen molar-refractivity contribution in [3.05, 3.63) is 23.8 Å². The molecule has 1 aliphatic carbocycles. The molecule has 0 bridgehead atoms. The lowest BCUT2D eigenvalue weighted by atomic mass is 10.1. The van der Waals surface area contributed by atoms with Crippen LogP contribution < -0.4 is 15.4 Å². The molecule has 86 valence electrons. The number of rotatable bonds is 2. The maximum absolute atomic E-state index is 5.69. The number of hydrogen-bond donors (Lipinski definition) is 1. The van der Waals surface area contributed by atoms with Crippen LogP contribution in [-0.4, -0.2) is 26.7 Å². The highest BCUT2D eigenvalue weighted by Crippen LogP contribution is 2.48. The van der Waals surface area contributed by atoms with Gasteiger partial charge in [-0.3, -0.25) is 0 Å². The Morgan fingerprint density at radius 3 is 3.12 bits per heavy atom. The molecule has 1 fully saturated rings. The molecule has 16 heavy (non-hydrogen) atoms. The molecule has 3 nitrogen and oxygen atoms in total. The predicted molar refractivity (Wildman–Crippen MR) is 65.1 cm³/mol. The quantitative estimate of drug-likeness (QED) is 0.819. The third kappa shape index (κ3) is 1.55. The first kappa shape index (κ1) is 9.97. The average Bonchev–Trinajstić information content (AvgIpc) is 3.08. The van der Waals surface area contributed by atoms with Crippen molar-refractivity contribution in [1.82, 2.24) is 0 Å². The first-order valence-electron chi connectivity index (χ1n) is 5.97. The van der Waals surface area contributed by atoms with Crippen LogP contribution in [0.5, 0.6) is 5.75 Å². The zero-order valence-electron chi connectivity index (χ0n) is 9.65. The predicted octanol–water partition coefficient (Wildman–Crippen LogP) is 1.58. The van der Waals surface area contributed by atoms with E-state index in [-0.39, 0.29) is 0 Å². The van der Waals surface area contributed by atoms with Crippen molar-refractivity contribution in [3.8, 4) is 5.75 Å². The van der Waals surface area contributed by atoms with Gasteiger partial charge in [0.1, 0.15) is 12.4 Å². The maximum Gasteiger partial charge on any atom is 0.142 e. The van der Waals surface area contributed by atoms with Gasteiger partial charge in [0.05, 0.1) is 12.2 Å². The molecule has 0 amide bonds. The second-order valence-corrected chi connectivity index (χ2v) is 4.84. The molecule has 3 rings (SSSR count). The smallest absolute Gasteiger partial charge is 0.142 e. The van der Waals surface area contributed by atoms with Crippen LogP contribution in [0, 0.1) is 5.92 Å². The fourth-order valence-electron chi connectivity index (χ4n) is 2.51. The van der Waals surface area contributed by atoms with E-state index in [1.54, 1.807) is 0 Å². The Morgan fingerprint density at radius 1 is 1.50 bits per heavy atom. The van der Waals surface area contributed by atoms with Gasteiger partial charge >= 0.3 is 0 Å². The zero-order chi connectivity index (χ0) is 11.1. The molecular formula is C13H18N2O. The lowest BCUT2D eigenvalue weighted by molar-refractivity contribution is 0.311. The van der Waals surface area contributed by atoms with Gasteiger partial charge in [-0.15, -0.1) is 0 Å². The van der Waals surface area contributed by atoms with E-state index in [0.29, 0.717) is 11.8 Å². The topological polar surface area (TPSA) is 38.5 Å². The number of hydrogen-bond acceptors (Lipinski definition) is 3. The molecule has 2 aliphatic rings. The van der Waals surface area contributed by atoms with Gasteiger partial charge in [-0.05, 0) is 42.5 Å². The van der Waals surface area contributed by atoms with Gasteiger partial charge < -0.3 is 15.4 Å². The number of likely N-dealkylation sites (N-methyl/N-ethyl adjacent to an activating group) is 1. The highest BCUT2D eigenvalue weighted by molar-refractivity contribution is 5.61. The number of nitrogens with two attached hydrogens (primary N) is 1. The third-order valence-electron chi connectivity index (χ3n) is 3.73. The maximum atomic E-state index is 5.69. The van der Waals surface area contributed by atoms with E-state index in [1.165, 1.54) is 17.7 Å². The van der Waals surface area contributed by atoms with Crippen molar-refractivity contribution in [2.45, 2.75) is 12.3 Å². The van der Waals surface area contributed by atoms with Gasteiger partial charge in [0.2, 0.25) is 0 Å². The summed E-state index contributed by atoms with van der Waals surface area (Å²) in [6, 6.07) is 6.57. The second-order valence-electron chi connectivity index (χ2n) is 4.84. The fourth-order valence-corrected chi connectivity index (χ4v) is 2.51. The van der Waals surface area contributed by atoms with Gasteiger partial charge in [-0.2, -0.15) is 0 Å². The standard InChI is InChI=1S/C13H18N2O/c1-15-4-5-16-13-3-2-9(7-12(13)15)11-6-10(11)8-14/h2-3,7,10-11H,4-6,8,14H2,1H3/t10-,11-/m0/s1. The summed E-state index contributed by atoms with van der Waals surface area (Å²) < 4.78 is 5.64. The van der Waals surface area contributed by atoms with Crippen molar-refractivity contribution in [1.29, 1.82) is 0 Å². The molecule has 1 aliphatic heterocycles. The normalized spacial score (nSPS) is 27.2. The summed E-state index contributed by atoms with van der Waals surface area (Å²) in [6.07, 6.45) is 1.25. The lowest BCUT2D eigenvalue weighted by Gasteiger charge is -2.28. The molecule has 3 heteroatoms. The lowest BCUT2D eigenvalue weighted by Crippen LogP contribution is -2.28. The Hall–Kier alpha value is -1.22. The number of nitrogens with zero attached hydrogens (tertiary/aromatic N) is 1. The van der Waals surface area contributed by atoms with Crippen LogP contribution in [0.25, 0.3) is 0 Å². The fraction of sp³-hybridized carbons (Fsp3) is 0.538. The van der Waals surface area contributed by atoms with Crippen LogP contribution in [0.1, 0.15) is 17.9 Å². The van der Waals surface area contributed by atoms with E-state index in [1.807, 2.05) is 0 Å². The van der Waals surface area contributed by atoms with Crippen LogP contribution >= 0.6 is 0 Å². The third-order valence-corrected chi connectivity index (χ3v) is 3.73. The van der Waals surface area contributed by atoms with Crippen molar-refractivity contribution >= 4 is 5.69 Å². The number of anilines is 1. The minimum Gasteiger partial charge on any atom is -0.490 e. The van der Waals surface area contributed by atoms with Crippen LogP contribution in [0.2, 0.25) is 0 Å². The van der Waals surface area contributed by atoms with Gasteiger partial charge in [0.25, 0.3) is 0 Å². The molecule has 2 N–H and O–H groups in total. The Morgan fingerprint density at radius 2 is 2.38 bits per heavy atom. The number of fused-ring (bicyclic) bond motifs is 1. The highest BCUT2D eigenvalue weighted by Gasteiger charge is 2.37. The SMILES string of the molecule is CN1CCOc2ccc([C@@H]3C[C@H]3CN)cc21. The van der Waals surface area contributed by atoms with Crippen molar-refractivity contribution in [2.75, 3.05) is 31.6 Å². The number of ether oxygens (including phenoxy) is 1. The molecule has 0 saturated heterocycles. The van der Waals surface area contributed by atoms with Crippen molar-refractivity contribution in [2.24, 2.45) is 11.7 Å². The Labute approximate surface area is 96.2 Å². The zero-order valence-corrected chi connectivity index (χ0v) is 9.65. The van der Waals surface area contributed by atoms with E-state index in [2.05, 4.69) is 30.1 Å². The summed E-state index contributed by atoms with van der Waals surface area (Å²) in [4.78, 5) is 2.27. The first-order chi connectivity index (χ1) is 7.79. The van der Waals surface area contributed by atoms with E-state index in [9.17, 15) is 0 Å². The Kier molecular flexibility index (Phi) is 2.28. The molecular weight excluding hydrogens is 200 g/mol. The summed E-state index contributed by atoms with van der Waals surface area (Å²) >= 11 is 0. The Bertz CT molecular complexity index is 405. The summed E-state index contributed by atoms with van der Waals surface area (Å²) in [5.41, 5.74) is 8.34. The number of benzene rings is 1. The van der Waals surface area contributed by atoms with Crippen LogP contribution in [0.4, 0.5) is 5.69 Å². The minimum atomic E-state index is 0.686. The molecule has 0 aromatic heterocycles. The average molecular weight is 218 g/mol. The molecule has 0 spiro atoms. The summed E-state index contributed by atoms with van der Waals surface area (Å²) in [7, 11) is 2.12. The second kappa shape index (κ2) is 3.67. The van der Waals surface area contributed by atoms with Gasteiger partial charge in [-0.1, -0.05) is 6.07 Å². The van der Waals surface area contributed by atoms with Crippen LogP contribution in [0.15, 0.2) is 18.2 Å². The Balaban J connectivity index is 1.89. The van der Waals surface area contributed by atoms with Crippen molar-refractivity contribution < 1.29 is 4.74 Å². The molecule has 2 atom stereocenters. The molecule has 1 aromatic carbocycles. The van der Waals surface area contributed by atoms with Crippen LogP contribution in [-0.2, 0) is 0 Å². The summed E-state index contributed by atoms with van der Waals surface area (Å²) in [5.74, 6) is 2.40. The van der Waals surface area contributed by atoms with Gasteiger partial charge in [0, 0.05) is 7.05 Å². The van der Waals surface area contributed by atoms with Crippen LogP contribution in [0.3, 0.4) is 0 Å². The minimum absolute atomic E-state index is 0.686. The monoisotopic (exact) mass is 218 g/mol. The largest absolute Gasteiger partial charge is 0.490 e. The van der Waals surface area contributed by atoms with E-state index >= 15 is 0 Å². The van der Waals surface area contributed by atoms with Gasteiger partial charge in [-0.25, -0.2) is 0 Å². The molecule has 0 radical (unpaired) electrons.